The SMILES string of the molecule is O=C(CNC(=O)c1cccc(O)c1)NCC(O)c1cccc(C(F)(F)F)c1. The molecule has 4 N–H and O–H groups in total. The Morgan fingerprint density at radius 2 is 1.74 bits per heavy atom. The van der Waals surface area contributed by atoms with E-state index in [1.54, 1.807) is 0 Å². The number of carbonyl (C=O) groups is 2. The Kier molecular flexibility index (Phi) is 6.40. The van der Waals surface area contributed by atoms with Crippen LogP contribution in [0, 0.1) is 0 Å². The highest BCUT2D eigenvalue weighted by atomic mass is 19.4. The summed E-state index contributed by atoms with van der Waals surface area (Å²) in [6, 6.07) is 9.70. The van der Waals surface area contributed by atoms with Gasteiger partial charge in [0.05, 0.1) is 18.2 Å². The Bertz CT molecular complexity index is 824. The lowest BCUT2D eigenvalue weighted by molar-refractivity contribution is -0.137. The van der Waals surface area contributed by atoms with Crippen LogP contribution in [0.4, 0.5) is 13.2 Å². The number of hydrogen-bond acceptors (Lipinski definition) is 4. The Labute approximate surface area is 152 Å². The molecule has 144 valence electrons. The number of aliphatic hydroxyl groups excluding tert-OH is 1. The first-order valence-corrected chi connectivity index (χ1v) is 7.86. The fraction of sp³-hybridized carbons (Fsp3) is 0.222. The number of benzene rings is 2. The van der Waals surface area contributed by atoms with E-state index in [4.69, 9.17) is 0 Å². The number of halogens is 3. The van der Waals surface area contributed by atoms with Crippen LogP contribution in [0.3, 0.4) is 0 Å². The summed E-state index contributed by atoms with van der Waals surface area (Å²) in [5, 5.41) is 23.9. The molecular formula is C18H17F3N2O4. The molecule has 0 aromatic heterocycles. The predicted molar refractivity (Wildman–Crippen MR) is 89.9 cm³/mol. The van der Waals surface area contributed by atoms with Crippen molar-refractivity contribution in [2.24, 2.45) is 0 Å². The Morgan fingerprint density at radius 3 is 2.41 bits per heavy atom. The largest absolute Gasteiger partial charge is 0.508 e. The van der Waals surface area contributed by atoms with Crippen molar-refractivity contribution < 1.29 is 33.0 Å². The minimum absolute atomic E-state index is 0.00826. The number of phenolic OH excluding ortho intramolecular Hbond substituents is 1. The van der Waals surface area contributed by atoms with Gasteiger partial charge in [-0.1, -0.05) is 18.2 Å². The highest BCUT2D eigenvalue weighted by molar-refractivity contribution is 5.96. The maximum absolute atomic E-state index is 12.7. The van der Waals surface area contributed by atoms with E-state index >= 15 is 0 Å². The zero-order valence-corrected chi connectivity index (χ0v) is 14.0. The second-order valence-electron chi connectivity index (χ2n) is 5.68. The third-order valence-electron chi connectivity index (χ3n) is 3.61. The molecule has 0 saturated carbocycles. The Balaban J connectivity index is 1.84. The minimum Gasteiger partial charge on any atom is -0.508 e. The first kappa shape index (κ1) is 20.2. The van der Waals surface area contributed by atoms with Crippen molar-refractivity contribution in [2.45, 2.75) is 12.3 Å². The van der Waals surface area contributed by atoms with Crippen LogP contribution in [0.15, 0.2) is 48.5 Å². The first-order valence-electron chi connectivity index (χ1n) is 7.86. The molecule has 0 bridgehead atoms. The summed E-state index contributed by atoms with van der Waals surface area (Å²) in [5.74, 6) is -1.31. The number of rotatable bonds is 6. The lowest BCUT2D eigenvalue weighted by Gasteiger charge is -2.14. The monoisotopic (exact) mass is 382 g/mol. The quantitative estimate of drug-likeness (QED) is 0.614. The number of alkyl halides is 3. The molecule has 6 nitrogen and oxygen atoms in total. The topological polar surface area (TPSA) is 98.7 Å². The van der Waals surface area contributed by atoms with Gasteiger partial charge in [0.1, 0.15) is 5.75 Å². The molecule has 0 spiro atoms. The van der Waals surface area contributed by atoms with Gasteiger partial charge in [0, 0.05) is 12.1 Å². The van der Waals surface area contributed by atoms with E-state index in [1.807, 2.05) is 0 Å². The fourth-order valence-corrected chi connectivity index (χ4v) is 2.22. The summed E-state index contributed by atoms with van der Waals surface area (Å²) in [6.07, 6.45) is -5.87. The molecule has 2 aromatic rings. The van der Waals surface area contributed by atoms with Gasteiger partial charge in [-0.15, -0.1) is 0 Å². The zero-order chi connectivity index (χ0) is 20.0. The average molecular weight is 382 g/mol. The van der Waals surface area contributed by atoms with Crippen molar-refractivity contribution in [1.82, 2.24) is 10.6 Å². The van der Waals surface area contributed by atoms with Crippen LogP contribution < -0.4 is 10.6 Å². The number of amides is 2. The summed E-state index contributed by atoms with van der Waals surface area (Å²) < 4.78 is 38.0. The minimum atomic E-state index is -4.53. The van der Waals surface area contributed by atoms with Crippen molar-refractivity contribution in [1.29, 1.82) is 0 Å². The molecule has 0 heterocycles. The van der Waals surface area contributed by atoms with Crippen LogP contribution in [0.1, 0.15) is 27.6 Å². The summed E-state index contributed by atoms with van der Waals surface area (Å²) in [7, 11) is 0. The second-order valence-corrected chi connectivity index (χ2v) is 5.68. The zero-order valence-electron chi connectivity index (χ0n) is 14.0. The van der Waals surface area contributed by atoms with E-state index in [-0.39, 0.29) is 23.4 Å². The molecule has 0 radical (unpaired) electrons. The number of aromatic hydroxyl groups is 1. The van der Waals surface area contributed by atoms with Gasteiger partial charge in [-0.3, -0.25) is 9.59 Å². The molecular weight excluding hydrogens is 365 g/mol. The molecule has 1 unspecified atom stereocenters. The second kappa shape index (κ2) is 8.54. The van der Waals surface area contributed by atoms with Crippen LogP contribution in [0.5, 0.6) is 5.75 Å². The number of phenols is 1. The molecule has 0 saturated heterocycles. The van der Waals surface area contributed by atoms with Crippen molar-refractivity contribution in [3.05, 3.63) is 65.2 Å². The summed E-state index contributed by atoms with van der Waals surface area (Å²) in [6.45, 7) is -0.716. The molecule has 0 fully saturated rings. The van der Waals surface area contributed by atoms with Crippen LogP contribution in [-0.4, -0.2) is 35.1 Å². The van der Waals surface area contributed by atoms with Crippen molar-refractivity contribution >= 4 is 11.8 Å². The molecule has 9 heteroatoms. The molecule has 0 aliphatic rings. The summed E-state index contributed by atoms with van der Waals surface area (Å²) in [5.41, 5.74) is -0.732. The fourth-order valence-electron chi connectivity index (χ4n) is 2.22. The van der Waals surface area contributed by atoms with Crippen molar-refractivity contribution in [3.63, 3.8) is 0 Å². The standard InChI is InChI=1S/C18H17F3N2O4/c19-18(20,21)13-5-1-3-11(7-13)15(25)9-22-16(26)10-23-17(27)12-4-2-6-14(24)8-12/h1-8,15,24-25H,9-10H2,(H,22,26)(H,23,27). The van der Waals surface area contributed by atoms with Gasteiger partial charge in [-0.05, 0) is 35.9 Å². The molecule has 0 aliphatic heterocycles. The third kappa shape index (κ3) is 6.00. The number of aliphatic hydroxyl groups is 1. The van der Waals surface area contributed by atoms with Crippen LogP contribution >= 0.6 is 0 Å². The first-order chi connectivity index (χ1) is 12.7. The van der Waals surface area contributed by atoms with E-state index in [0.717, 1.165) is 12.1 Å². The van der Waals surface area contributed by atoms with E-state index in [1.165, 1.54) is 36.4 Å². The predicted octanol–water partition coefficient (Wildman–Crippen LogP) is 1.99. The van der Waals surface area contributed by atoms with E-state index in [0.29, 0.717) is 0 Å². The number of carbonyl (C=O) groups excluding carboxylic acids is 2. The van der Waals surface area contributed by atoms with Gasteiger partial charge >= 0.3 is 6.18 Å². The maximum atomic E-state index is 12.7. The van der Waals surface area contributed by atoms with Gasteiger partial charge in [0.25, 0.3) is 5.91 Å². The van der Waals surface area contributed by atoms with Crippen molar-refractivity contribution in [3.8, 4) is 5.75 Å². The lowest BCUT2D eigenvalue weighted by atomic mass is 10.1. The van der Waals surface area contributed by atoms with Crippen molar-refractivity contribution in [2.75, 3.05) is 13.1 Å². The van der Waals surface area contributed by atoms with E-state index < -0.39 is 36.2 Å². The molecule has 1 atom stereocenters. The van der Waals surface area contributed by atoms with Gasteiger partial charge < -0.3 is 20.8 Å². The highest BCUT2D eigenvalue weighted by Crippen LogP contribution is 2.30. The van der Waals surface area contributed by atoms with E-state index in [9.17, 15) is 33.0 Å². The maximum Gasteiger partial charge on any atom is 0.416 e. The van der Waals surface area contributed by atoms with Gasteiger partial charge in [-0.2, -0.15) is 13.2 Å². The number of hydrogen-bond donors (Lipinski definition) is 4. The van der Waals surface area contributed by atoms with E-state index in [2.05, 4.69) is 10.6 Å². The summed E-state index contributed by atoms with van der Waals surface area (Å²) >= 11 is 0. The van der Waals surface area contributed by atoms with Crippen LogP contribution in [0.2, 0.25) is 0 Å². The van der Waals surface area contributed by atoms with Gasteiger partial charge in [0.15, 0.2) is 0 Å². The number of nitrogens with one attached hydrogen (secondary N) is 2. The molecule has 0 aliphatic carbocycles. The Hall–Kier alpha value is -3.07. The van der Waals surface area contributed by atoms with Crippen LogP contribution in [0.25, 0.3) is 0 Å². The smallest absolute Gasteiger partial charge is 0.416 e. The van der Waals surface area contributed by atoms with Gasteiger partial charge in [-0.25, -0.2) is 0 Å². The highest BCUT2D eigenvalue weighted by Gasteiger charge is 2.30. The molecule has 27 heavy (non-hydrogen) atoms. The Morgan fingerprint density at radius 1 is 1.04 bits per heavy atom. The molecule has 2 rings (SSSR count). The summed E-state index contributed by atoms with van der Waals surface area (Å²) in [4.78, 5) is 23.6. The normalized spacial score (nSPS) is 12.3. The average Bonchev–Trinajstić information content (AvgIpc) is 2.63. The molecule has 2 aromatic carbocycles. The third-order valence-corrected chi connectivity index (χ3v) is 3.61. The lowest BCUT2D eigenvalue weighted by Crippen LogP contribution is -2.38. The van der Waals surface area contributed by atoms with Crippen LogP contribution in [-0.2, 0) is 11.0 Å². The van der Waals surface area contributed by atoms with Gasteiger partial charge in [0.2, 0.25) is 5.91 Å². The molecule has 2 amide bonds.